The van der Waals surface area contributed by atoms with Gasteiger partial charge in [-0.3, -0.25) is 4.79 Å². The Labute approximate surface area is 178 Å². The minimum atomic E-state index is -1.28. The number of carbonyl (C=O) groups excluding carboxylic acids is 1. The number of H-pyrrole nitrogens is 1. The van der Waals surface area contributed by atoms with E-state index >= 15 is 0 Å². The van der Waals surface area contributed by atoms with Gasteiger partial charge in [-0.05, 0) is 45.4 Å². The molecular weight excluding hydrogens is 396 g/mol. The molecule has 0 unspecified atom stereocenters. The van der Waals surface area contributed by atoms with Crippen LogP contribution in [0.2, 0.25) is 0 Å². The van der Waals surface area contributed by atoms with Crippen molar-refractivity contribution in [2.24, 2.45) is 0 Å². The molecule has 0 spiro atoms. The highest BCUT2D eigenvalue weighted by Gasteiger charge is 2.39. The molecule has 0 radical (unpaired) electrons. The number of nitrogens with one attached hydrogen (secondary N) is 1. The molecule has 2 N–H and O–H groups in total. The zero-order chi connectivity index (χ0) is 21.9. The minimum Gasteiger partial charge on any atom is -0.458 e. The first kappa shape index (κ1) is 19.6. The molecule has 1 amide bonds. The van der Waals surface area contributed by atoms with E-state index in [1.54, 1.807) is 32.0 Å². The molecule has 160 valence electrons. The molecule has 4 aromatic rings. The fourth-order valence-electron chi connectivity index (χ4n) is 4.13. The van der Waals surface area contributed by atoms with E-state index in [2.05, 4.69) is 15.0 Å². The number of oxazole rings is 1. The van der Waals surface area contributed by atoms with Crippen LogP contribution in [-0.2, 0) is 12.0 Å². The number of hydrogen-bond donors (Lipinski definition) is 2. The molecule has 5 rings (SSSR count). The highest BCUT2D eigenvalue weighted by Crippen LogP contribution is 2.38. The summed E-state index contributed by atoms with van der Waals surface area (Å²) in [4.78, 5) is 27.2. The molecule has 0 saturated heterocycles. The van der Waals surface area contributed by atoms with Gasteiger partial charge >= 0.3 is 0 Å². The Bertz CT molecular complexity index is 1290. The summed E-state index contributed by atoms with van der Waals surface area (Å²) in [7, 11) is 0. The van der Waals surface area contributed by atoms with Gasteiger partial charge in [0.05, 0.1) is 17.7 Å². The number of hydrogen-bond acceptors (Lipinski definition) is 6. The predicted octanol–water partition coefficient (Wildman–Crippen LogP) is 3.78. The van der Waals surface area contributed by atoms with Crippen LogP contribution >= 0.6 is 0 Å². The number of amides is 1. The topological polar surface area (TPSA) is 108 Å². The van der Waals surface area contributed by atoms with Gasteiger partial charge in [-0.15, -0.1) is 0 Å². The zero-order valence-corrected chi connectivity index (χ0v) is 17.9. The van der Waals surface area contributed by atoms with E-state index in [-0.39, 0.29) is 17.6 Å². The first-order valence-corrected chi connectivity index (χ1v) is 10.3. The maximum Gasteiger partial charge on any atom is 0.292 e. The summed E-state index contributed by atoms with van der Waals surface area (Å²) < 4.78 is 11.9. The fourth-order valence-corrected chi connectivity index (χ4v) is 4.13. The van der Waals surface area contributed by atoms with E-state index in [0.717, 1.165) is 27.9 Å². The number of fused-ring (bicyclic) bond motifs is 2. The Balaban J connectivity index is 1.61. The summed E-state index contributed by atoms with van der Waals surface area (Å²) in [5.74, 6) is 0.567. The second-order valence-corrected chi connectivity index (χ2v) is 8.55. The van der Waals surface area contributed by atoms with Crippen molar-refractivity contribution in [1.82, 2.24) is 19.9 Å². The van der Waals surface area contributed by atoms with Crippen LogP contribution in [0, 0.1) is 13.8 Å². The molecule has 31 heavy (non-hydrogen) atoms. The number of furan rings is 1. The lowest BCUT2D eigenvalue weighted by molar-refractivity contribution is 0.0438. The molecule has 8 heteroatoms. The highest BCUT2D eigenvalue weighted by molar-refractivity contribution is 5.93. The van der Waals surface area contributed by atoms with Gasteiger partial charge in [-0.25, -0.2) is 9.97 Å². The quantitative estimate of drug-likeness (QED) is 0.522. The third-order valence-corrected chi connectivity index (χ3v) is 5.77. The van der Waals surface area contributed by atoms with E-state index in [4.69, 9.17) is 8.83 Å². The molecule has 0 aliphatic carbocycles. The Morgan fingerprint density at radius 1 is 1.29 bits per heavy atom. The Morgan fingerprint density at radius 3 is 2.81 bits per heavy atom. The van der Waals surface area contributed by atoms with Crippen molar-refractivity contribution in [2.75, 3.05) is 6.54 Å². The van der Waals surface area contributed by atoms with Gasteiger partial charge in [-0.1, -0.05) is 12.1 Å². The zero-order valence-electron chi connectivity index (χ0n) is 17.9. The lowest BCUT2D eigenvalue weighted by Crippen LogP contribution is -2.40. The number of rotatable bonds is 3. The van der Waals surface area contributed by atoms with E-state index in [1.807, 2.05) is 31.2 Å². The van der Waals surface area contributed by atoms with E-state index in [1.165, 1.54) is 0 Å². The second-order valence-electron chi connectivity index (χ2n) is 8.55. The number of aromatic amines is 1. The van der Waals surface area contributed by atoms with Gasteiger partial charge in [0, 0.05) is 24.0 Å². The summed E-state index contributed by atoms with van der Waals surface area (Å²) in [5, 5.41) is 11.3. The summed E-state index contributed by atoms with van der Waals surface area (Å²) >= 11 is 0. The van der Waals surface area contributed by atoms with Crippen LogP contribution in [0.1, 0.15) is 64.7 Å². The molecule has 1 aromatic carbocycles. The smallest absolute Gasteiger partial charge is 0.292 e. The summed E-state index contributed by atoms with van der Waals surface area (Å²) in [6, 6.07) is 7.38. The molecule has 1 aliphatic heterocycles. The lowest BCUT2D eigenvalue weighted by Gasteiger charge is -2.33. The number of benzene rings is 1. The maximum atomic E-state index is 13.6. The molecule has 0 bridgehead atoms. The van der Waals surface area contributed by atoms with E-state index < -0.39 is 11.6 Å². The third kappa shape index (κ3) is 3.14. The van der Waals surface area contributed by atoms with Crippen LogP contribution < -0.4 is 0 Å². The summed E-state index contributed by atoms with van der Waals surface area (Å²) in [6.07, 6.45) is 2.29. The average Bonchev–Trinajstić information content (AvgIpc) is 3.44. The standard InChI is InChI=1S/C23H24N4O4/c1-12-6-5-7-16-14(12)10-17(30-16)19-18-15(24-11-25-18)8-9-27(19)21(28)20-13(2)26-22(31-20)23(3,4)29/h5-7,10-11,19,29H,8-9H2,1-4H3,(H,24,25)/t19-/m0/s1. The average molecular weight is 420 g/mol. The minimum absolute atomic E-state index is 0.113. The Morgan fingerprint density at radius 2 is 2.10 bits per heavy atom. The van der Waals surface area contributed by atoms with Gasteiger partial charge in [-0.2, -0.15) is 0 Å². The largest absolute Gasteiger partial charge is 0.458 e. The van der Waals surface area contributed by atoms with Crippen molar-refractivity contribution >= 4 is 16.9 Å². The molecule has 4 heterocycles. The van der Waals surface area contributed by atoms with Crippen molar-refractivity contribution in [3.63, 3.8) is 0 Å². The SMILES string of the molecule is Cc1nc(C(C)(C)O)oc1C(=O)N1CCc2[nH]cnc2[C@@H]1c1cc2c(C)cccc2o1. The Kier molecular flexibility index (Phi) is 4.30. The number of aryl methyl sites for hydroxylation is 2. The second kappa shape index (κ2) is 6.81. The molecule has 0 fully saturated rings. The van der Waals surface area contributed by atoms with Gasteiger partial charge < -0.3 is 23.8 Å². The summed E-state index contributed by atoms with van der Waals surface area (Å²) in [6.45, 7) is 7.34. The van der Waals surface area contributed by atoms with E-state index in [0.29, 0.717) is 24.4 Å². The third-order valence-electron chi connectivity index (χ3n) is 5.77. The van der Waals surface area contributed by atoms with Gasteiger partial charge in [0.25, 0.3) is 5.91 Å². The molecule has 8 nitrogen and oxygen atoms in total. The van der Waals surface area contributed by atoms with Crippen molar-refractivity contribution in [3.05, 3.63) is 70.6 Å². The van der Waals surface area contributed by atoms with Crippen LogP contribution in [0.15, 0.2) is 39.4 Å². The van der Waals surface area contributed by atoms with Crippen LogP contribution in [0.25, 0.3) is 11.0 Å². The predicted molar refractivity (Wildman–Crippen MR) is 113 cm³/mol. The van der Waals surface area contributed by atoms with Crippen LogP contribution in [0.4, 0.5) is 0 Å². The van der Waals surface area contributed by atoms with Crippen molar-refractivity contribution in [1.29, 1.82) is 0 Å². The highest BCUT2D eigenvalue weighted by atomic mass is 16.4. The first-order chi connectivity index (χ1) is 14.7. The molecular formula is C23H24N4O4. The number of aromatic nitrogens is 3. The van der Waals surface area contributed by atoms with Gasteiger partial charge in [0.2, 0.25) is 11.7 Å². The van der Waals surface area contributed by atoms with Crippen LogP contribution in [-0.4, -0.2) is 37.4 Å². The van der Waals surface area contributed by atoms with Crippen molar-refractivity contribution < 1.29 is 18.7 Å². The van der Waals surface area contributed by atoms with Crippen molar-refractivity contribution in [3.8, 4) is 0 Å². The fraction of sp³-hybridized carbons (Fsp3) is 0.348. The van der Waals surface area contributed by atoms with Crippen molar-refractivity contribution in [2.45, 2.75) is 45.8 Å². The molecule has 0 saturated carbocycles. The Hall–Kier alpha value is -3.39. The van der Waals surface area contributed by atoms with Crippen LogP contribution in [0.5, 0.6) is 0 Å². The number of carbonyl (C=O) groups is 1. The van der Waals surface area contributed by atoms with E-state index in [9.17, 15) is 9.90 Å². The monoisotopic (exact) mass is 420 g/mol. The molecule has 1 aliphatic rings. The lowest BCUT2D eigenvalue weighted by atomic mass is 9.99. The number of imidazole rings is 1. The molecule has 1 atom stereocenters. The van der Waals surface area contributed by atoms with Gasteiger partial charge in [0.15, 0.2) is 0 Å². The number of aliphatic hydroxyl groups is 1. The van der Waals surface area contributed by atoms with Gasteiger partial charge in [0.1, 0.15) is 23.0 Å². The maximum absolute atomic E-state index is 13.6. The normalized spacial score (nSPS) is 16.7. The molecule has 3 aromatic heterocycles. The summed E-state index contributed by atoms with van der Waals surface area (Å²) in [5.41, 5.74) is 2.77. The number of nitrogens with zero attached hydrogens (tertiary/aromatic N) is 3. The first-order valence-electron chi connectivity index (χ1n) is 10.3. The van der Waals surface area contributed by atoms with Crippen LogP contribution in [0.3, 0.4) is 0 Å².